The molecule has 34 heavy (non-hydrogen) atoms. The molecule has 1 N–H and O–H groups in total. The highest BCUT2D eigenvalue weighted by atomic mass is 32.2. The Morgan fingerprint density at radius 2 is 1.35 bits per heavy atom. The second-order valence-corrected chi connectivity index (χ2v) is 9.35. The number of benzene rings is 3. The number of sulfonamides is 1. The largest absolute Gasteiger partial charge is 0.497 e. The summed E-state index contributed by atoms with van der Waals surface area (Å²) in [5, 5.41) is 2.81. The van der Waals surface area contributed by atoms with E-state index in [0.717, 1.165) is 17.6 Å². The van der Waals surface area contributed by atoms with E-state index in [1.807, 2.05) is 0 Å². The minimum Gasteiger partial charge on any atom is -0.497 e. The van der Waals surface area contributed by atoms with Crippen molar-refractivity contribution < 1.29 is 27.4 Å². The number of methoxy groups -OCH3 is 2. The number of nitrogens with zero attached hydrogens (tertiary/aromatic N) is 1. The van der Waals surface area contributed by atoms with Crippen LogP contribution in [0.4, 0.5) is 5.69 Å². The Hall–Kier alpha value is -3.72. The lowest BCUT2D eigenvalue weighted by Gasteiger charge is -2.23. The Morgan fingerprint density at radius 3 is 1.88 bits per heavy atom. The van der Waals surface area contributed by atoms with Crippen molar-refractivity contribution in [3.05, 3.63) is 83.9 Å². The first-order valence-corrected chi connectivity index (χ1v) is 12.4. The van der Waals surface area contributed by atoms with Crippen molar-refractivity contribution in [1.29, 1.82) is 0 Å². The highest BCUT2D eigenvalue weighted by molar-refractivity contribution is 7.92. The first kappa shape index (κ1) is 24.9. The third-order valence-electron chi connectivity index (χ3n) is 5.02. The Morgan fingerprint density at radius 1 is 0.824 bits per heavy atom. The van der Waals surface area contributed by atoms with E-state index in [1.165, 1.54) is 4.31 Å². The molecule has 3 aromatic rings. The summed E-state index contributed by atoms with van der Waals surface area (Å²) in [6.07, 6.45) is 1.16. The van der Waals surface area contributed by atoms with Crippen LogP contribution in [0.25, 0.3) is 0 Å². The predicted molar refractivity (Wildman–Crippen MR) is 131 cm³/mol. The molecule has 0 heterocycles. The molecular weight excluding hydrogens is 456 g/mol. The van der Waals surface area contributed by atoms with Gasteiger partial charge in [-0.15, -0.1) is 0 Å². The fraction of sp³-hybridized carbons (Fsp3) is 0.240. The van der Waals surface area contributed by atoms with Crippen molar-refractivity contribution in [1.82, 2.24) is 5.32 Å². The summed E-state index contributed by atoms with van der Waals surface area (Å²) in [6.45, 7) is 0.802. The predicted octanol–water partition coefficient (Wildman–Crippen LogP) is 3.48. The van der Waals surface area contributed by atoms with Crippen molar-refractivity contribution in [2.75, 3.05) is 37.9 Å². The zero-order valence-electron chi connectivity index (χ0n) is 19.4. The van der Waals surface area contributed by atoms with E-state index in [0.29, 0.717) is 35.9 Å². The van der Waals surface area contributed by atoms with E-state index in [-0.39, 0.29) is 12.5 Å². The molecule has 3 aromatic carbocycles. The lowest BCUT2D eigenvalue weighted by atomic mass is 10.1. The van der Waals surface area contributed by atoms with Gasteiger partial charge in [-0.1, -0.05) is 12.1 Å². The molecule has 0 unspecified atom stereocenters. The Labute approximate surface area is 200 Å². The van der Waals surface area contributed by atoms with Gasteiger partial charge < -0.3 is 19.5 Å². The number of amides is 1. The molecule has 1 amide bonds. The van der Waals surface area contributed by atoms with Crippen LogP contribution in [0.5, 0.6) is 17.2 Å². The van der Waals surface area contributed by atoms with Gasteiger partial charge in [0.1, 0.15) is 23.9 Å². The maximum Gasteiger partial charge on any atom is 0.251 e. The number of rotatable bonds is 11. The number of carbonyl (C=O) groups is 1. The molecule has 0 aliphatic rings. The van der Waals surface area contributed by atoms with Gasteiger partial charge in [-0.25, -0.2) is 8.42 Å². The van der Waals surface area contributed by atoms with Crippen LogP contribution in [0.2, 0.25) is 0 Å². The van der Waals surface area contributed by atoms with Crippen molar-refractivity contribution in [3.8, 4) is 17.2 Å². The summed E-state index contributed by atoms with van der Waals surface area (Å²) < 4.78 is 41.9. The normalized spacial score (nSPS) is 10.9. The van der Waals surface area contributed by atoms with Crippen LogP contribution in [0, 0.1) is 0 Å². The highest BCUT2D eigenvalue weighted by Crippen LogP contribution is 2.23. The van der Waals surface area contributed by atoms with E-state index in [2.05, 4.69) is 5.32 Å². The van der Waals surface area contributed by atoms with Crippen molar-refractivity contribution >= 4 is 21.6 Å². The minimum atomic E-state index is -3.51. The van der Waals surface area contributed by atoms with Gasteiger partial charge in [-0.05, 0) is 66.2 Å². The smallest absolute Gasteiger partial charge is 0.251 e. The van der Waals surface area contributed by atoms with Crippen LogP contribution >= 0.6 is 0 Å². The van der Waals surface area contributed by atoms with Gasteiger partial charge in [-0.2, -0.15) is 0 Å². The molecule has 0 fully saturated rings. The van der Waals surface area contributed by atoms with Crippen LogP contribution in [-0.4, -0.2) is 48.0 Å². The molecule has 0 saturated heterocycles. The lowest BCUT2D eigenvalue weighted by Crippen LogP contribution is -2.29. The summed E-state index contributed by atoms with van der Waals surface area (Å²) in [7, 11) is -0.363. The third kappa shape index (κ3) is 6.89. The van der Waals surface area contributed by atoms with E-state index in [9.17, 15) is 13.2 Å². The van der Waals surface area contributed by atoms with Gasteiger partial charge in [0.2, 0.25) is 10.0 Å². The maximum absolute atomic E-state index is 12.4. The number of carbonyl (C=O) groups excluding carboxylic acids is 1. The molecule has 0 spiro atoms. The van der Waals surface area contributed by atoms with E-state index >= 15 is 0 Å². The zero-order chi connectivity index (χ0) is 24.6. The average molecular weight is 485 g/mol. The average Bonchev–Trinajstić information content (AvgIpc) is 2.85. The van der Waals surface area contributed by atoms with Crippen LogP contribution in [-0.2, 0) is 16.6 Å². The fourth-order valence-electron chi connectivity index (χ4n) is 3.18. The maximum atomic E-state index is 12.4. The quantitative estimate of drug-likeness (QED) is 0.419. The molecule has 9 heteroatoms. The standard InChI is InChI=1S/C25H28N2O6S/c1-31-22-10-8-21(9-11-22)27(34(3,29)30)18-19-4-6-20(7-5-19)25(28)26-16-17-33-24-14-12-23(32-2)13-15-24/h4-15H,16-18H2,1-3H3,(H,26,28). The molecule has 8 nitrogen and oxygen atoms in total. The van der Waals surface area contributed by atoms with Crippen molar-refractivity contribution in [2.45, 2.75) is 6.54 Å². The first-order chi connectivity index (χ1) is 16.3. The molecular formula is C25H28N2O6S. The minimum absolute atomic E-state index is 0.142. The van der Waals surface area contributed by atoms with Gasteiger partial charge in [0.15, 0.2) is 0 Å². The van der Waals surface area contributed by atoms with Crippen molar-refractivity contribution in [3.63, 3.8) is 0 Å². The number of hydrogen-bond acceptors (Lipinski definition) is 6. The molecule has 0 saturated carbocycles. The van der Waals surface area contributed by atoms with E-state index in [4.69, 9.17) is 14.2 Å². The van der Waals surface area contributed by atoms with Gasteiger partial charge in [0.05, 0.1) is 39.3 Å². The Bertz CT molecular complexity index is 1180. The van der Waals surface area contributed by atoms with Crippen LogP contribution < -0.4 is 23.8 Å². The monoisotopic (exact) mass is 484 g/mol. The van der Waals surface area contributed by atoms with Gasteiger partial charge in [-0.3, -0.25) is 9.10 Å². The Balaban J connectivity index is 1.55. The Kier molecular flexibility index (Phi) is 8.37. The third-order valence-corrected chi connectivity index (χ3v) is 6.16. The van der Waals surface area contributed by atoms with Crippen LogP contribution in [0.1, 0.15) is 15.9 Å². The summed E-state index contributed by atoms with van der Waals surface area (Å²) in [6, 6.07) is 20.8. The number of hydrogen-bond donors (Lipinski definition) is 1. The van der Waals surface area contributed by atoms with Crippen molar-refractivity contribution in [2.24, 2.45) is 0 Å². The fourth-order valence-corrected chi connectivity index (χ4v) is 4.07. The topological polar surface area (TPSA) is 94.2 Å². The summed E-state index contributed by atoms with van der Waals surface area (Å²) >= 11 is 0. The molecule has 0 atom stereocenters. The van der Waals surface area contributed by atoms with Gasteiger partial charge in [0, 0.05) is 5.56 Å². The molecule has 0 aliphatic heterocycles. The van der Waals surface area contributed by atoms with Gasteiger partial charge >= 0.3 is 0 Å². The van der Waals surface area contributed by atoms with E-state index < -0.39 is 10.0 Å². The first-order valence-electron chi connectivity index (χ1n) is 10.6. The van der Waals surface area contributed by atoms with Crippen LogP contribution in [0.3, 0.4) is 0 Å². The molecule has 180 valence electrons. The van der Waals surface area contributed by atoms with E-state index in [1.54, 1.807) is 87.0 Å². The number of ether oxygens (including phenoxy) is 3. The summed E-state index contributed by atoms with van der Waals surface area (Å²) in [5.74, 6) is 1.83. The molecule has 0 radical (unpaired) electrons. The molecule has 0 aromatic heterocycles. The highest BCUT2D eigenvalue weighted by Gasteiger charge is 2.18. The SMILES string of the molecule is COc1ccc(OCCNC(=O)c2ccc(CN(c3ccc(OC)cc3)S(C)(=O)=O)cc2)cc1. The second-order valence-electron chi connectivity index (χ2n) is 7.44. The lowest BCUT2D eigenvalue weighted by molar-refractivity contribution is 0.0947. The van der Waals surface area contributed by atoms with Crippen LogP contribution in [0.15, 0.2) is 72.8 Å². The van der Waals surface area contributed by atoms with Gasteiger partial charge in [0.25, 0.3) is 5.91 Å². The molecule has 0 aliphatic carbocycles. The number of nitrogens with one attached hydrogen (secondary N) is 1. The second kappa shape index (κ2) is 11.4. The summed E-state index contributed by atoms with van der Waals surface area (Å²) in [5.41, 5.74) is 1.76. The summed E-state index contributed by atoms with van der Waals surface area (Å²) in [4.78, 5) is 12.4. The number of anilines is 1. The molecule has 3 rings (SSSR count). The zero-order valence-corrected chi connectivity index (χ0v) is 20.2. The molecule has 0 bridgehead atoms.